The van der Waals surface area contributed by atoms with Crippen LogP contribution >= 0.6 is 0 Å². The van der Waals surface area contributed by atoms with E-state index in [-0.39, 0.29) is 17.5 Å². The first-order valence-corrected chi connectivity index (χ1v) is 7.13. The third kappa shape index (κ3) is 3.89. The summed E-state index contributed by atoms with van der Waals surface area (Å²) >= 11 is 0. The van der Waals surface area contributed by atoms with Crippen molar-refractivity contribution in [2.45, 2.75) is 32.6 Å². The second kappa shape index (κ2) is 6.64. The maximum Gasteiger partial charge on any atom is 0.222 e. The molecule has 0 aromatic heterocycles. The van der Waals surface area contributed by atoms with Crippen LogP contribution in [0.3, 0.4) is 0 Å². The molecule has 1 aromatic carbocycles. The van der Waals surface area contributed by atoms with E-state index in [4.69, 9.17) is 0 Å². The van der Waals surface area contributed by atoms with Crippen molar-refractivity contribution < 1.29 is 14.0 Å². The van der Waals surface area contributed by atoms with Gasteiger partial charge in [-0.05, 0) is 43.0 Å². The summed E-state index contributed by atoms with van der Waals surface area (Å²) < 4.78 is 12.8. The van der Waals surface area contributed by atoms with Gasteiger partial charge in [-0.3, -0.25) is 9.59 Å². The Hall–Kier alpha value is -1.71. The van der Waals surface area contributed by atoms with Crippen LogP contribution in [0.1, 0.15) is 43.0 Å². The SMILES string of the molecule is CC1CCC(=O)N(CCC(=O)c2ccc(F)cc2)CC1. The third-order valence-corrected chi connectivity index (χ3v) is 3.87. The highest BCUT2D eigenvalue weighted by Crippen LogP contribution is 2.18. The maximum absolute atomic E-state index is 12.8. The number of benzene rings is 1. The van der Waals surface area contributed by atoms with Crippen molar-refractivity contribution in [3.05, 3.63) is 35.6 Å². The minimum atomic E-state index is -0.349. The van der Waals surface area contributed by atoms with Crippen LogP contribution in [0, 0.1) is 11.7 Å². The topological polar surface area (TPSA) is 37.4 Å². The number of likely N-dealkylation sites (tertiary alicyclic amines) is 1. The highest BCUT2D eigenvalue weighted by molar-refractivity contribution is 5.96. The lowest BCUT2D eigenvalue weighted by molar-refractivity contribution is -0.130. The molecular formula is C16H20FNO2. The van der Waals surface area contributed by atoms with E-state index in [9.17, 15) is 14.0 Å². The molecule has 1 heterocycles. The second-order valence-corrected chi connectivity index (χ2v) is 5.49. The first kappa shape index (κ1) is 14.7. The zero-order valence-electron chi connectivity index (χ0n) is 11.8. The fourth-order valence-electron chi connectivity index (χ4n) is 2.43. The van der Waals surface area contributed by atoms with Crippen LogP contribution in [0.25, 0.3) is 0 Å². The van der Waals surface area contributed by atoms with E-state index in [1.54, 1.807) is 4.90 Å². The van der Waals surface area contributed by atoms with Crippen molar-refractivity contribution in [2.24, 2.45) is 5.92 Å². The Kier molecular flexibility index (Phi) is 4.88. The number of hydrogen-bond donors (Lipinski definition) is 0. The smallest absolute Gasteiger partial charge is 0.222 e. The van der Waals surface area contributed by atoms with E-state index in [0.29, 0.717) is 30.9 Å². The zero-order chi connectivity index (χ0) is 14.5. The fraction of sp³-hybridized carbons (Fsp3) is 0.500. The summed E-state index contributed by atoms with van der Waals surface area (Å²) in [5.74, 6) is 0.311. The van der Waals surface area contributed by atoms with E-state index in [0.717, 1.165) is 19.4 Å². The number of amides is 1. The summed E-state index contributed by atoms with van der Waals surface area (Å²) in [5.41, 5.74) is 0.502. The third-order valence-electron chi connectivity index (χ3n) is 3.87. The highest BCUT2D eigenvalue weighted by atomic mass is 19.1. The molecule has 3 nitrogen and oxygen atoms in total. The van der Waals surface area contributed by atoms with Gasteiger partial charge in [0.2, 0.25) is 5.91 Å². The molecule has 0 bridgehead atoms. The van der Waals surface area contributed by atoms with E-state index in [1.165, 1.54) is 24.3 Å². The number of ketones is 1. The average molecular weight is 277 g/mol. The lowest BCUT2D eigenvalue weighted by Gasteiger charge is -2.20. The molecule has 0 saturated carbocycles. The van der Waals surface area contributed by atoms with Crippen LogP contribution in [-0.2, 0) is 4.79 Å². The van der Waals surface area contributed by atoms with Gasteiger partial charge in [-0.1, -0.05) is 6.92 Å². The Morgan fingerprint density at radius 3 is 2.70 bits per heavy atom. The lowest BCUT2D eigenvalue weighted by Crippen LogP contribution is -2.32. The highest BCUT2D eigenvalue weighted by Gasteiger charge is 2.20. The molecule has 108 valence electrons. The van der Waals surface area contributed by atoms with Crippen LogP contribution in [0.4, 0.5) is 4.39 Å². The summed E-state index contributed by atoms with van der Waals surface area (Å²) in [4.78, 5) is 25.7. The van der Waals surface area contributed by atoms with Crippen LogP contribution in [0.5, 0.6) is 0 Å². The average Bonchev–Trinajstić information content (AvgIpc) is 2.60. The van der Waals surface area contributed by atoms with Crippen LogP contribution in [0.15, 0.2) is 24.3 Å². The summed E-state index contributed by atoms with van der Waals surface area (Å²) in [6.45, 7) is 3.35. The van der Waals surface area contributed by atoms with Crippen molar-refractivity contribution in [1.29, 1.82) is 0 Å². The molecule has 1 aromatic rings. The summed E-state index contributed by atoms with van der Waals surface area (Å²) in [5, 5.41) is 0. The van der Waals surface area contributed by atoms with Gasteiger partial charge in [-0.15, -0.1) is 0 Å². The Labute approximate surface area is 118 Å². The van der Waals surface area contributed by atoms with E-state index < -0.39 is 0 Å². The molecule has 1 fully saturated rings. The lowest BCUT2D eigenvalue weighted by atomic mass is 10.0. The molecule has 0 aliphatic carbocycles. The quantitative estimate of drug-likeness (QED) is 0.793. The molecule has 0 N–H and O–H groups in total. The predicted octanol–water partition coefficient (Wildman–Crippen LogP) is 3.05. The van der Waals surface area contributed by atoms with Gasteiger partial charge >= 0.3 is 0 Å². The van der Waals surface area contributed by atoms with Crippen LogP contribution in [-0.4, -0.2) is 29.7 Å². The molecule has 1 amide bonds. The van der Waals surface area contributed by atoms with Crippen molar-refractivity contribution in [3.8, 4) is 0 Å². The number of Topliss-reactive ketones (excluding diaryl/α,β-unsaturated/α-hetero) is 1. The van der Waals surface area contributed by atoms with E-state index in [2.05, 4.69) is 6.92 Å². The van der Waals surface area contributed by atoms with Gasteiger partial charge in [0.25, 0.3) is 0 Å². The number of carbonyl (C=O) groups is 2. The number of halogens is 1. The summed E-state index contributed by atoms with van der Waals surface area (Å²) in [6, 6.07) is 5.55. The maximum atomic E-state index is 12.8. The normalized spacial score (nSPS) is 19.8. The minimum Gasteiger partial charge on any atom is -0.342 e. The number of nitrogens with zero attached hydrogens (tertiary/aromatic N) is 1. The summed E-state index contributed by atoms with van der Waals surface area (Å²) in [6.07, 6.45) is 2.80. The van der Waals surface area contributed by atoms with Crippen molar-refractivity contribution in [2.75, 3.05) is 13.1 Å². The zero-order valence-corrected chi connectivity index (χ0v) is 11.8. The van der Waals surface area contributed by atoms with Crippen molar-refractivity contribution in [3.63, 3.8) is 0 Å². The first-order valence-electron chi connectivity index (χ1n) is 7.13. The molecule has 20 heavy (non-hydrogen) atoms. The molecule has 4 heteroatoms. The second-order valence-electron chi connectivity index (χ2n) is 5.49. The molecular weight excluding hydrogens is 257 g/mol. The van der Waals surface area contributed by atoms with Crippen LogP contribution in [0.2, 0.25) is 0 Å². The molecule has 1 unspecified atom stereocenters. The number of hydrogen-bond acceptors (Lipinski definition) is 2. The Morgan fingerprint density at radius 1 is 1.30 bits per heavy atom. The molecule has 1 atom stereocenters. The molecule has 1 saturated heterocycles. The van der Waals surface area contributed by atoms with E-state index >= 15 is 0 Å². The fourth-order valence-corrected chi connectivity index (χ4v) is 2.43. The van der Waals surface area contributed by atoms with Gasteiger partial charge in [-0.25, -0.2) is 4.39 Å². The largest absolute Gasteiger partial charge is 0.342 e. The minimum absolute atomic E-state index is 0.0462. The van der Waals surface area contributed by atoms with Gasteiger partial charge in [0.15, 0.2) is 5.78 Å². The molecule has 2 rings (SSSR count). The van der Waals surface area contributed by atoms with Gasteiger partial charge in [0.1, 0.15) is 5.82 Å². The van der Waals surface area contributed by atoms with Crippen LogP contribution < -0.4 is 0 Å². The number of carbonyl (C=O) groups excluding carboxylic acids is 2. The van der Waals surface area contributed by atoms with Crippen molar-refractivity contribution >= 4 is 11.7 Å². The molecule has 0 spiro atoms. The van der Waals surface area contributed by atoms with Gasteiger partial charge in [0.05, 0.1) is 0 Å². The predicted molar refractivity (Wildman–Crippen MR) is 74.9 cm³/mol. The van der Waals surface area contributed by atoms with E-state index in [1.807, 2.05) is 0 Å². The summed E-state index contributed by atoms with van der Waals surface area (Å²) in [7, 11) is 0. The Balaban J connectivity index is 1.89. The van der Waals surface area contributed by atoms with Gasteiger partial charge < -0.3 is 4.90 Å². The Bertz CT molecular complexity index is 484. The van der Waals surface area contributed by atoms with Gasteiger partial charge in [0, 0.05) is 31.5 Å². The monoisotopic (exact) mass is 277 g/mol. The molecule has 0 radical (unpaired) electrons. The van der Waals surface area contributed by atoms with Gasteiger partial charge in [-0.2, -0.15) is 0 Å². The molecule has 1 aliphatic heterocycles. The molecule has 1 aliphatic rings. The first-order chi connectivity index (χ1) is 9.56. The number of rotatable bonds is 4. The standard InChI is InChI=1S/C16H20FNO2/c1-12-2-7-16(20)18(10-8-12)11-9-15(19)13-3-5-14(17)6-4-13/h3-6,12H,2,7-11H2,1H3. The Morgan fingerprint density at radius 2 is 2.00 bits per heavy atom. The van der Waals surface area contributed by atoms with Crippen molar-refractivity contribution in [1.82, 2.24) is 4.90 Å².